The zero-order valence-electron chi connectivity index (χ0n) is 18.7. The average Bonchev–Trinajstić information content (AvgIpc) is 2.88. The van der Waals surface area contributed by atoms with Crippen LogP contribution >= 0.6 is 15.9 Å². The van der Waals surface area contributed by atoms with Crippen LogP contribution in [0.1, 0.15) is 41.5 Å². The summed E-state index contributed by atoms with van der Waals surface area (Å²) in [4.78, 5) is 18.4. The van der Waals surface area contributed by atoms with Crippen molar-refractivity contribution in [2.45, 2.75) is 24.8 Å². The van der Waals surface area contributed by atoms with Gasteiger partial charge in [-0.1, -0.05) is 52.3 Å². The summed E-state index contributed by atoms with van der Waals surface area (Å²) in [6.45, 7) is 0. The number of halogens is 1. The van der Waals surface area contributed by atoms with Gasteiger partial charge in [-0.05, 0) is 59.9 Å². The number of Topliss-reactive ketones (excluding diaryl/α,β-unsaturated/α-hetero) is 1. The molecule has 4 nitrogen and oxygen atoms in total. The Labute approximate surface area is 206 Å². The fourth-order valence-corrected chi connectivity index (χ4v) is 5.83. The van der Waals surface area contributed by atoms with Crippen LogP contribution in [0.4, 0.5) is 5.69 Å². The molecule has 3 aromatic carbocycles. The summed E-state index contributed by atoms with van der Waals surface area (Å²) in [5.74, 6) is 1.09. The van der Waals surface area contributed by atoms with Gasteiger partial charge in [0.1, 0.15) is 5.75 Å². The Morgan fingerprint density at radius 2 is 1.85 bits per heavy atom. The summed E-state index contributed by atoms with van der Waals surface area (Å²) in [6, 6.07) is 24.2. The highest BCUT2D eigenvalue weighted by Crippen LogP contribution is 2.52. The van der Waals surface area contributed by atoms with E-state index in [1.807, 2.05) is 42.6 Å². The monoisotopic (exact) mass is 510 g/mol. The summed E-state index contributed by atoms with van der Waals surface area (Å²) in [6.07, 6.45) is 3.12. The van der Waals surface area contributed by atoms with E-state index in [0.717, 1.165) is 55.5 Å². The Balaban J connectivity index is 1.60. The number of fused-ring (bicyclic) bond motifs is 4. The number of nitrogens with one attached hydrogen (secondary N) is 1. The van der Waals surface area contributed by atoms with Gasteiger partial charge in [0.15, 0.2) is 5.78 Å². The topological polar surface area (TPSA) is 51.2 Å². The molecule has 2 atom stereocenters. The molecule has 168 valence electrons. The number of benzene rings is 3. The van der Waals surface area contributed by atoms with Crippen LogP contribution < -0.4 is 10.1 Å². The van der Waals surface area contributed by atoms with E-state index in [9.17, 15) is 4.79 Å². The Hall–Kier alpha value is -3.44. The van der Waals surface area contributed by atoms with Crippen LogP contribution in [0, 0.1) is 0 Å². The van der Waals surface area contributed by atoms with E-state index in [4.69, 9.17) is 4.74 Å². The molecular formula is C29H23BrN2O2. The molecule has 0 unspecified atom stereocenters. The maximum atomic E-state index is 13.9. The van der Waals surface area contributed by atoms with Crippen molar-refractivity contribution >= 4 is 43.9 Å². The van der Waals surface area contributed by atoms with Crippen LogP contribution in [-0.2, 0) is 4.79 Å². The number of allylic oxidation sites excluding steroid dienone is 1. The highest BCUT2D eigenvalue weighted by molar-refractivity contribution is 9.10. The van der Waals surface area contributed by atoms with Crippen LogP contribution in [-0.4, -0.2) is 17.9 Å². The number of pyridine rings is 1. The van der Waals surface area contributed by atoms with Crippen molar-refractivity contribution < 1.29 is 9.53 Å². The molecule has 2 aliphatic rings. The molecule has 6 rings (SSSR count). The molecule has 5 heteroatoms. The Bertz CT molecular complexity index is 1460. The van der Waals surface area contributed by atoms with Gasteiger partial charge in [-0.15, -0.1) is 0 Å². The number of carbonyl (C=O) groups is 1. The normalized spacial score (nSPS) is 19.4. The molecule has 1 aliphatic heterocycles. The molecule has 0 saturated carbocycles. The Kier molecular flexibility index (Phi) is 5.22. The fourth-order valence-electron chi connectivity index (χ4n) is 5.45. The quantitative estimate of drug-likeness (QED) is 0.320. The fraction of sp³-hybridized carbons (Fsp3) is 0.172. The molecule has 1 aliphatic carbocycles. The minimum absolute atomic E-state index is 0.149. The molecular weight excluding hydrogens is 488 g/mol. The van der Waals surface area contributed by atoms with E-state index in [-0.39, 0.29) is 17.7 Å². The number of ketones is 1. The van der Waals surface area contributed by atoms with Gasteiger partial charge in [-0.3, -0.25) is 9.78 Å². The van der Waals surface area contributed by atoms with E-state index in [1.165, 1.54) is 5.56 Å². The highest BCUT2D eigenvalue weighted by Gasteiger charge is 2.39. The number of carbonyl (C=O) groups excluding carboxylic acids is 1. The first-order valence-corrected chi connectivity index (χ1v) is 12.2. The average molecular weight is 511 g/mol. The largest absolute Gasteiger partial charge is 0.496 e. The molecule has 0 amide bonds. The molecule has 2 heterocycles. The number of hydrogen-bond acceptors (Lipinski definition) is 4. The van der Waals surface area contributed by atoms with Crippen molar-refractivity contribution in [1.82, 2.24) is 4.98 Å². The minimum Gasteiger partial charge on any atom is -0.496 e. The lowest BCUT2D eigenvalue weighted by molar-refractivity contribution is -0.116. The van der Waals surface area contributed by atoms with E-state index in [2.05, 4.69) is 62.6 Å². The lowest BCUT2D eigenvalue weighted by atomic mass is 9.71. The summed E-state index contributed by atoms with van der Waals surface area (Å²) in [5.41, 5.74) is 7.16. The first-order chi connectivity index (χ1) is 16.6. The number of aromatic nitrogens is 1. The second kappa shape index (κ2) is 8.41. The predicted molar refractivity (Wildman–Crippen MR) is 139 cm³/mol. The van der Waals surface area contributed by atoms with Crippen LogP contribution in [0.2, 0.25) is 0 Å². The number of anilines is 1. The molecule has 1 N–H and O–H groups in total. The minimum atomic E-state index is -0.284. The van der Waals surface area contributed by atoms with Gasteiger partial charge < -0.3 is 10.1 Å². The van der Waals surface area contributed by atoms with Crippen molar-refractivity contribution in [3.05, 3.63) is 106 Å². The van der Waals surface area contributed by atoms with E-state index in [1.54, 1.807) is 7.11 Å². The molecule has 0 spiro atoms. The molecule has 4 aromatic rings. The summed E-state index contributed by atoms with van der Waals surface area (Å²) < 4.78 is 6.66. The number of methoxy groups -OCH3 is 1. The second-order valence-corrected chi connectivity index (χ2v) is 9.77. The van der Waals surface area contributed by atoms with Crippen LogP contribution in [0.5, 0.6) is 5.75 Å². The first kappa shape index (κ1) is 21.1. The van der Waals surface area contributed by atoms with Gasteiger partial charge in [0.2, 0.25) is 0 Å². The third kappa shape index (κ3) is 3.43. The van der Waals surface area contributed by atoms with Gasteiger partial charge in [0.25, 0.3) is 0 Å². The molecule has 0 radical (unpaired) electrons. The summed E-state index contributed by atoms with van der Waals surface area (Å²) >= 11 is 3.61. The predicted octanol–water partition coefficient (Wildman–Crippen LogP) is 7.07. The van der Waals surface area contributed by atoms with Gasteiger partial charge in [-0.2, -0.15) is 0 Å². The zero-order valence-corrected chi connectivity index (χ0v) is 20.3. The number of ether oxygens (including phenoxy) is 1. The number of rotatable bonds is 3. The van der Waals surface area contributed by atoms with Gasteiger partial charge in [0, 0.05) is 44.9 Å². The molecule has 0 saturated heterocycles. The number of hydrogen-bond donors (Lipinski definition) is 1. The standard InChI is InChI=1S/C29H23BrN2O2/c1-34-26-12-9-19(30)16-21(26)29-28-22(14-18(15-25(28)33)17-6-3-2-4-7-17)27-20-8-5-13-31-23(20)10-11-24(27)32-29/h2-13,16,18,29,32H,14-15H2,1H3/t18-,29-/m1/s1. The molecule has 0 bridgehead atoms. The van der Waals surface area contributed by atoms with Crippen LogP contribution in [0.3, 0.4) is 0 Å². The molecule has 34 heavy (non-hydrogen) atoms. The van der Waals surface area contributed by atoms with Crippen LogP contribution in [0.25, 0.3) is 16.5 Å². The maximum absolute atomic E-state index is 13.9. The van der Waals surface area contributed by atoms with E-state index in [0.29, 0.717) is 6.42 Å². The van der Waals surface area contributed by atoms with Crippen molar-refractivity contribution in [2.24, 2.45) is 0 Å². The lowest BCUT2D eigenvalue weighted by Gasteiger charge is -2.37. The first-order valence-electron chi connectivity index (χ1n) is 11.4. The van der Waals surface area contributed by atoms with E-state index >= 15 is 0 Å². The SMILES string of the molecule is COc1ccc(Br)cc1[C@H]1Nc2ccc3ncccc3c2C2=C1C(=O)C[C@H](c1ccccc1)C2. The molecule has 0 fully saturated rings. The third-order valence-electron chi connectivity index (χ3n) is 6.96. The van der Waals surface area contributed by atoms with Gasteiger partial charge >= 0.3 is 0 Å². The van der Waals surface area contributed by atoms with Crippen LogP contribution in [0.15, 0.2) is 89.0 Å². The summed E-state index contributed by atoms with van der Waals surface area (Å²) in [5, 5.41) is 4.75. The maximum Gasteiger partial charge on any atom is 0.162 e. The molecule has 1 aromatic heterocycles. The van der Waals surface area contributed by atoms with Gasteiger partial charge in [-0.25, -0.2) is 0 Å². The Morgan fingerprint density at radius 3 is 2.68 bits per heavy atom. The second-order valence-electron chi connectivity index (χ2n) is 8.85. The summed E-state index contributed by atoms with van der Waals surface area (Å²) in [7, 11) is 1.67. The van der Waals surface area contributed by atoms with Crippen molar-refractivity contribution in [3.8, 4) is 5.75 Å². The smallest absolute Gasteiger partial charge is 0.162 e. The third-order valence-corrected chi connectivity index (χ3v) is 7.45. The lowest BCUT2D eigenvalue weighted by Crippen LogP contribution is -2.30. The van der Waals surface area contributed by atoms with E-state index < -0.39 is 0 Å². The number of nitrogens with zero attached hydrogens (tertiary/aromatic N) is 1. The zero-order chi connectivity index (χ0) is 23.2. The van der Waals surface area contributed by atoms with Crippen molar-refractivity contribution in [2.75, 3.05) is 12.4 Å². The Morgan fingerprint density at radius 1 is 1.00 bits per heavy atom. The van der Waals surface area contributed by atoms with Crippen molar-refractivity contribution in [1.29, 1.82) is 0 Å². The van der Waals surface area contributed by atoms with Gasteiger partial charge in [0.05, 0.1) is 18.7 Å². The van der Waals surface area contributed by atoms with Crippen molar-refractivity contribution in [3.63, 3.8) is 0 Å². The highest BCUT2D eigenvalue weighted by atomic mass is 79.9.